The number of anilines is 1. The van der Waals surface area contributed by atoms with E-state index in [4.69, 9.17) is 0 Å². The van der Waals surface area contributed by atoms with E-state index in [2.05, 4.69) is 51.7 Å². The zero-order valence-corrected chi connectivity index (χ0v) is 15.6. The molecule has 1 aromatic heterocycles. The third kappa shape index (κ3) is 3.51. The third-order valence-electron chi connectivity index (χ3n) is 4.73. The Kier molecular flexibility index (Phi) is 4.75. The van der Waals surface area contributed by atoms with Gasteiger partial charge in [0.25, 0.3) is 0 Å². The van der Waals surface area contributed by atoms with Gasteiger partial charge in [-0.05, 0) is 37.1 Å². The van der Waals surface area contributed by atoms with Gasteiger partial charge in [-0.3, -0.25) is 0 Å². The van der Waals surface area contributed by atoms with Gasteiger partial charge in [-0.15, -0.1) is 11.3 Å². The van der Waals surface area contributed by atoms with Crippen molar-refractivity contribution in [2.45, 2.75) is 25.9 Å². The Morgan fingerprint density at radius 3 is 2.88 bits per heavy atom. The molecule has 6 heteroatoms. The topological polar surface area (TPSA) is 57.3 Å². The summed E-state index contributed by atoms with van der Waals surface area (Å²) in [5.41, 5.74) is 3.66. The van der Waals surface area contributed by atoms with Crippen LogP contribution in [0.5, 0.6) is 0 Å². The van der Waals surface area contributed by atoms with Crippen LogP contribution in [0.25, 0.3) is 10.2 Å². The second kappa shape index (κ2) is 7.33. The molecule has 2 aromatic carbocycles. The predicted octanol–water partition coefficient (Wildman–Crippen LogP) is 3.55. The molecule has 134 valence electrons. The van der Waals surface area contributed by atoms with Crippen LogP contribution in [-0.4, -0.2) is 30.1 Å². The SMILES string of the molecule is C[C@@H]1Cc2ccccc2N1CCNC(=O)NCc1nc2ccccc2s1. The van der Waals surface area contributed by atoms with E-state index in [0.29, 0.717) is 19.1 Å². The van der Waals surface area contributed by atoms with Crippen LogP contribution in [-0.2, 0) is 13.0 Å². The molecule has 3 aromatic rings. The molecule has 4 rings (SSSR count). The zero-order valence-electron chi connectivity index (χ0n) is 14.7. The molecule has 0 fully saturated rings. The summed E-state index contributed by atoms with van der Waals surface area (Å²) in [5.74, 6) is 0. The predicted molar refractivity (Wildman–Crippen MR) is 107 cm³/mol. The van der Waals surface area contributed by atoms with Crippen molar-refractivity contribution in [1.29, 1.82) is 0 Å². The highest BCUT2D eigenvalue weighted by Gasteiger charge is 2.24. The van der Waals surface area contributed by atoms with Crippen LogP contribution in [0, 0.1) is 0 Å². The van der Waals surface area contributed by atoms with E-state index in [9.17, 15) is 4.79 Å². The van der Waals surface area contributed by atoms with Crippen molar-refractivity contribution in [3.05, 3.63) is 59.1 Å². The monoisotopic (exact) mass is 366 g/mol. The number of rotatable bonds is 5. The number of carbonyl (C=O) groups excluding carboxylic acids is 1. The number of amides is 2. The van der Waals surface area contributed by atoms with Gasteiger partial charge in [0.1, 0.15) is 5.01 Å². The van der Waals surface area contributed by atoms with Crippen molar-refractivity contribution >= 4 is 33.3 Å². The molecule has 5 nitrogen and oxygen atoms in total. The van der Waals surface area contributed by atoms with Crippen LogP contribution in [0.3, 0.4) is 0 Å². The van der Waals surface area contributed by atoms with Gasteiger partial charge in [-0.2, -0.15) is 0 Å². The first-order chi connectivity index (χ1) is 12.7. The molecule has 2 amide bonds. The number of fused-ring (bicyclic) bond motifs is 2. The van der Waals surface area contributed by atoms with E-state index in [1.807, 2.05) is 24.3 Å². The number of nitrogens with one attached hydrogen (secondary N) is 2. The molecule has 2 heterocycles. The summed E-state index contributed by atoms with van der Waals surface area (Å²) in [6.07, 6.45) is 1.07. The smallest absolute Gasteiger partial charge is 0.315 e. The first-order valence-corrected chi connectivity index (χ1v) is 9.73. The number of thiazole rings is 1. The van der Waals surface area contributed by atoms with E-state index >= 15 is 0 Å². The lowest BCUT2D eigenvalue weighted by Crippen LogP contribution is -2.41. The molecule has 1 atom stereocenters. The minimum absolute atomic E-state index is 0.149. The fourth-order valence-electron chi connectivity index (χ4n) is 3.47. The van der Waals surface area contributed by atoms with Crippen molar-refractivity contribution in [1.82, 2.24) is 15.6 Å². The molecule has 0 saturated carbocycles. The van der Waals surface area contributed by atoms with Crippen molar-refractivity contribution < 1.29 is 4.79 Å². The Morgan fingerprint density at radius 1 is 1.19 bits per heavy atom. The Labute approximate surface area is 157 Å². The maximum absolute atomic E-state index is 12.1. The van der Waals surface area contributed by atoms with Gasteiger partial charge < -0.3 is 15.5 Å². The van der Waals surface area contributed by atoms with Crippen molar-refractivity contribution in [2.24, 2.45) is 0 Å². The number of benzene rings is 2. The van der Waals surface area contributed by atoms with Crippen LogP contribution < -0.4 is 15.5 Å². The summed E-state index contributed by atoms with van der Waals surface area (Å²) in [7, 11) is 0. The summed E-state index contributed by atoms with van der Waals surface area (Å²) in [4.78, 5) is 19.0. The van der Waals surface area contributed by atoms with Gasteiger partial charge in [0.05, 0.1) is 16.8 Å². The summed E-state index contributed by atoms with van der Waals surface area (Å²) < 4.78 is 1.14. The van der Waals surface area contributed by atoms with E-state index in [1.165, 1.54) is 11.3 Å². The van der Waals surface area contributed by atoms with Gasteiger partial charge in [-0.1, -0.05) is 30.3 Å². The fourth-order valence-corrected chi connectivity index (χ4v) is 4.38. The highest BCUT2D eigenvalue weighted by molar-refractivity contribution is 7.18. The van der Waals surface area contributed by atoms with Crippen LogP contribution in [0.15, 0.2) is 48.5 Å². The van der Waals surface area contributed by atoms with Crippen LogP contribution in [0.4, 0.5) is 10.5 Å². The molecule has 0 radical (unpaired) electrons. The Hall–Kier alpha value is -2.60. The normalized spacial score (nSPS) is 15.9. The fraction of sp³-hybridized carbons (Fsp3) is 0.300. The van der Waals surface area contributed by atoms with Gasteiger partial charge in [0.15, 0.2) is 0 Å². The number of hydrogen-bond acceptors (Lipinski definition) is 4. The molecule has 1 aliphatic rings. The first-order valence-electron chi connectivity index (χ1n) is 8.91. The molecule has 0 unspecified atom stereocenters. The van der Waals surface area contributed by atoms with E-state index < -0.39 is 0 Å². The molecule has 0 bridgehead atoms. The third-order valence-corrected chi connectivity index (χ3v) is 5.76. The maximum Gasteiger partial charge on any atom is 0.315 e. The van der Waals surface area contributed by atoms with Gasteiger partial charge in [0.2, 0.25) is 0 Å². The Morgan fingerprint density at radius 2 is 2.00 bits per heavy atom. The van der Waals surface area contributed by atoms with Crippen molar-refractivity contribution in [3.63, 3.8) is 0 Å². The maximum atomic E-state index is 12.1. The van der Waals surface area contributed by atoms with E-state index in [-0.39, 0.29) is 6.03 Å². The minimum atomic E-state index is -0.149. The van der Waals surface area contributed by atoms with Gasteiger partial charge >= 0.3 is 6.03 Å². The summed E-state index contributed by atoms with van der Waals surface area (Å²) in [5, 5.41) is 6.76. The molecule has 1 aliphatic heterocycles. The largest absolute Gasteiger partial charge is 0.367 e. The number of aromatic nitrogens is 1. The number of carbonyl (C=O) groups is 1. The second-order valence-corrected chi connectivity index (χ2v) is 7.68. The summed E-state index contributed by atoms with van der Waals surface area (Å²) >= 11 is 1.61. The lowest BCUT2D eigenvalue weighted by atomic mass is 10.1. The van der Waals surface area contributed by atoms with Crippen LogP contribution in [0.2, 0.25) is 0 Å². The molecule has 26 heavy (non-hydrogen) atoms. The number of nitrogens with zero attached hydrogens (tertiary/aromatic N) is 2. The molecular weight excluding hydrogens is 344 g/mol. The average Bonchev–Trinajstić information content (AvgIpc) is 3.20. The summed E-state index contributed by atoms with van der Waals surface area (Å²) in [6, 6.07) is 16.8. The molecule has 0 saturated heterocycles. The standard InChI is InChI=1S/C20H22N4OS/c1-14-12-15-6-2-4-8-17(15)24(14)11-10-21-20(25)22-13-19-23-16-7-3-5-9-18(16)26-19/h2-9,14H,10-13H2,1H3,(H2,21,22,25)/t14-/m1/s1. The van der Waals surface area contributed by atoms with Crippen molar-refractivity contribution in [2.75, 3.05) is 18.0 Å². The van der Waals surface area contributed by atoms with E-state index in [0.717, 1.165) is 28.2 Å². The highest BCUT2D eigenvalue weighted by atomic mass is 32.1. The number of urea groups is 1. The minimum Gasteiger partial charge on any atom is -0.367 e. The molecular formula is C20H22N4OS. The van der Waals surface area contributed by atoms with Gasteiger partial charge in [-0.25, -0.2) is 9.78 Å². The lowest BCUT2D eigenvalue weighted by Gasteiger charge is -2.25. The number of hydrogen-bond donors (Lipinski definition) is 2. The summed E-state index contributed by atoms with van der Waals surface area (Å²) in [6.45, 7) is 4.11. The average molecular weight is 366 g/mol. The Balaban J connectivity index is 1.25. The quantitative estimate of drug-likeness (QED) is 0.726. The molecule has 2 N–H and O–H groups in total. The highest BCUT2D eigenvalue weighted by Crippen LogP contribution is 2.31. The van der Waals surface area contributed by atoms with Crippen LogP contribution >= 0.6 is 11.3 Å². The zero-order chi connectivity index (χ0) is 17.9. The van der Waals surface area contributed by atoms with Gasteiger partial charge in [0, 0.05) is 24.8 Å². The van der Waals surface area contributed by atoms with Crippen LogP contribution in [0.1, 0.15) is 17.5 Å². The van der Waals surface area contributed by atoms with Crippen molar-refractivity contribution in [3.8, 4) is 0 Å². The lowest BCUT2D eigenvalue weighted by molar-refractivity contribution is 0.240. The molecule has 0 aliphatic carbocycles. The first kappa shape index (κ1) is 16.8. The second-order valence-electron chi connectivity index (χ2n) is 6.56. The number of para-hydroxylation sites is 2. The van der Waals surface area contributed by atoms with E-state index in [1.54, 1.807) is 11.3 Å². The Bertz CT molecular complexity index is 890. The molecule has 0 spiro atoms.